The van der Waals surface area contributed by atoms with Crippen molar-refractivity contribution in [1.82, 2.24) is 5.43 Å². The summed E-state index contributed by atoms with van der Waals surface area (Å²) in [5, 5.41) is 12.9. The van der Waals surface area contributed by atoms with Crippen LogP contribution in [0, 0.1) is 11.3 Å². The summed E-state index contributed by atoms with van der Waals surface area (Å²) in [7, 11) is 0. The molecule has 1 N–H and O–H groups in total. The smallest absolute Gasteiger partial charge is 0.277 e. The van der Waals surface area contributed by atoms with E-state index in [1.807, 2.05) is 30.3 Å². The molecule has 0 aliphatic carbocycles. The summed E-state index contributed by atoms with van der Waals surface area (Å²) in [5.41, 5.74) is 5.58. The van der Waals surface area contributed by atoms with Crippen LogP contribution >= 0.6 is 0 Å². The van der Waals surface area contributed by atoms with Crippen molar-refractivity contribution in [1.29, 1.82) is 5.26 Å². The van der Waals surface area contributed by atoms with Gasteiger partial charge in [-0.3, -0.25) is 4.79 Å². The SMILES string of the molecule is CC(=NNC(=O)COc1ccc(OCc2ccccc2)cc1)c1ccc(C#N)cc1. The molecule has 0 fully saturated rings. The van der Waals surface area contributed by atoms with Crippen LogP contribution in [0.5, 0.6) is 11.5 Å². The maximum Gasteiger partial charge on any atom is 0.277 e. The van der Waals surface area contributed by atoms with E-state index >= 15 is 0 Å². The first-order valence-corrected chi connectivity index (χ1v) is 9.37. The maximum atomic E-state index is 12.0. The molecule has 150 valence electrons. The van der Waals surface area contributed by atoms with Crippen LogP contribution in [-0.2, 0) is 11.4 Å². The Morgan fingerprint density at radius 3 is 2.20 bits per heavy atom. The van der Waals surface area contributed by atoms with Gasteiger partial charge in [-0.1, -0.05) is 42.5 Å². The molecule has 0 heterocycles. The summed E-state index contributed by atoms with van der Waals surface area (Å²) >= 11 is 0. The molecule has 3 rings (SSSR count). The van der Waals surface area contributed by atoms with Gasteiger partial charge in [-0.05, 0) is 54.4 Å². The van der Waals surface area contributed by atoms with Gasteiger partial charge in [-0.15, -0.1) is 0 Å². The lowest BCUT2D eigenvalue weighted by molar-refractivity contribution is -0.123. The number of nitriles is 1. The van der Waals surface area contributed by atoms with Gasteiger partial charge < -0.3 is 9.47 Å². The molecule has 0 aliphatic heterocycles. The number of benzene rings is 3. The van der Waals surface area contributed by atoms with E-state index in [2.05, 4.69) is 16.6 Å². The monoisotopic (exact) mass is 399 g/mol. The van der Waals surface area contributed by atoms with E-state index < -0.39 is 0 Å². The molecule has 0 aromatic heterocycles. The molecule has 3 aromatic carbocycles. The molecular weight excluding hydrogens is 378 g/mol. The highest BCUT2D eigenvalue weighted by molar-refractivity contribution is 5.99. The third-order valence-electron chi connectivity index (χ3n) is 4.22. The minimum absolute atomic E-state index is 0.158. The highest BCUT2D eigenvalue weighted by Crippen LogP contribution is 2.18. The van der Waals surface area contributed by atoms with Crippen molar-refractivity contribution in [3.8, 4) is 17.6 Å². The highest BCUT2D eigenvalue weighted by Gasteiger charge is 2.04. The first-order chi connectivity index (χ1) is 14.6. The van der Waals surface area contributed by atoms with E-state index in [4.69, 9.17) is 14.7 Å². The molecule has 3 aromatic rings. The van der Waals surface area contributed by atoms with Gasteiger partial charge in [0, 0.05) is 0 Å². The predicted octanol–water partition coefficient (Wildman–Crippen LogP) is 4.06. The molecule has 0 atom stereocenters. The van der Waals surface area contributed by atoms with Crippen molar-refractivity contribution >= 4 is 11.6 Å². The summed E-state index contributed by atoms with van der Waals surface area (Å²) in [6, 6.07) is 26.0. The zero-order valence-corrected chi connectivity index (χ0v) is 16.5. The number of nitrogens with zero attached hydrogens (tertiary/aromatic N) is 2. The van der Waals surface area contributed by atoms with Crippen LogP contribution in [-0.4, -0.2) is 18.2 Å². The number of carbonyl (C=O) groups excluding carboxylic acids is 1. The number of rotatable bonds is 8. The minimum Gasteiger partial charge on any atom is -0.489 e. The zero-order valence-electron chi connectivity index (χ0n) is 16.5. The molecule has 0 saturated carbocycles. The van der Waals surface area contributed by atoms with Gasteiger partial charge in [0.1, 0.15) is 18.1 Å². The second-order valence-corrected chi connectivity index (χ2v) is 6.46. The fraction of sp³-hybridized carbons (Fsp3) is 0.125. The minimum atomic E-state index is -0.368. The molecule has 0 saturated heterocycles. The lowest BCUT2D eigenvalue weighted by Gasteiger charge is -2.08. The average Bonchev–Trinajstić information content (AvgIpc) is 2.81. The largest absolute Gasteiger partial charge is 0.489 e. The molecule has 0 unspecified atom stereocenters. The van der Waals surface area contributed by atoms with Gasteiger partial charge >= 0.3 is 0 Å². The van der Waals surface area contributed by atoms with Gasteiger partial charge in [0.05, 0.1) is 17.3 Å². The second-order valence-electron chi connectivity index (χ2n) is 6.46. The van der Waals surface area contributed by atoms with Gasteiger partial charge in [-0.2, -0.15) is 10.4 Å². The van der Waals surface area contributed by atoms with E-state index in [-0.39, 0.29) is 12.5 Å². The Labute approximate surface area is 175 Å². The first kappa shape index (κ1) is 20.6. The summed E-state index contributed by atoms with van der Waals surface area (Å²) < 4.78 is 11.2. The number of hydrazone groups is 1. The van der Waals surface area contributed by atoms with Crippen LogP contribution in [0.3, 0.4) is 0 Å². The second kappa shape index (κ2) is 10.4. The number of hydrogen-bond donors (Lipinski definition) is 1. The van der Waals surface area contributed by atoms with E-state index in [1.54, 1.807) is 55.5 Å². The Morgan fingerprint density at radius 1 is 0.933 bits per heavy atom. The van der Waals surface area contributed by atoms with Gasteiger partial charge in [0.2, 0.25) is 0 Å². The third kappa shape index (κ3) is 6.21. The highest BCUT2D eigenvalue weighted by atomic mass is 16.5. The lowest BCUT2D eigenvalue weighted by atomic mass is 10.1. The van der Waals surface area contributed by atoms with Crippen molar-refractivity contribution in [2.24, 2.45) is 5.10 Å². The number of carbonyl (C=O) groups is 1. The summed E-state index contributed by atoms with van der Waals surface area (Å²) in [4.78, 5) is 12.0. The van der Waals surface area contributed by atoms with Crippen LogP contribution in [0.1, 0.15) is 23.6 Å². The molecule has 6 heteroatoms. The maximum absolute atomic E-state index is 12.0. The standard InChI is InChI=1S/C24H21N3O3/c1-18(21-9-7-19(15-25)8-10-21)26-27-24(28)17-30-23-13-11-22(12-14-23)29-16-20-5-3-2-4-6-20/h2-14H,16-17H2,1H3,(H,27,28). The van der Waals surface area contributed by atoms with Gasteiger partial charge in [-0.25, -0.2) is 5.43 Å². The Kier molecular flexibility index (Phi) is 7.17. The van der Waals surface area contributed by atoms with Crippen LogP contribution in [0.4, 0.5) is 0 Å². The quantitative estimate of drug-likeness (QED) is 0.457. The topological polar surface area (TPSA) is 83.7 Å². The number of hydrogen-bond acceptors (Lipinski definition) is 5. The Morgan fingerprint density at radius 2 is 1.57 bits per heavy atom. The molecule has 0 radical (unpaired) electrons. The Hall–Kier alpha value is -4.11. The van der Waals surface area contributed by atoms with Crippen molar-refractivity contribution in [3.05, 3.63) is 95.6 Å². The van der Waals surface area contributed by atoms with Crippen LogP contribution in [0.2, 0.25) is 0 Å². The molecule has 6 nitrogen and oxygen atoms in total. The van der Waals surface area contributed by atoms with E-state index in [1.165, 1.54) is 0 Å². The van der Waals surface area contributed by atoms with E-state index in [0.29, 0.717) is 23.6 Å². The zero-order chi connectivity index (χ0) is 21.2. The number of ether oxygens (including phenoxy) is 2. The van der Waals surface area contributed by atoms with E-state index in [0.717, 1.165) is 16.9 Å². The summed E-state index contributed by atoms with van der Waals surface area (Å²) in [6.45, 7) is 2.10. The summed E-state index contributed by atoms with van der Waals surface area (Å²) in [5.74, 6) is 0.913. The molecule has 0 aliphatic rings. The third-order valence-corrected chi connectivity index (χ3v) is 4.22. The van der Waals surface area contributed by atoms with Crippen molar-refractivity contribution < 1.29 is 14.3 Å². The Bertz CT molecular complexity index is 1040. The molecule has 1 amide bonds. The van der Waals surface area contributed by atoms with Crippen molar-refractivity contribution in [3.63, 3.8) is 0 Å². The van der Waals surface area contributed by atoms with E-state index in [9.17, 15) is 4.79 Å². The molecule has 30 heavy (non-hydrogen) atoms. The summed E-state index contributed by atoms with van der Waals surface area (Å²) in [6.07, 6.45) is 0. The predicted molar refractivity (Wildman–Crippen MR) is 114 cm³/mol. The van der Waals surface area contributed by atoms with Crippen LogP contribution in [0.15, 0.2) is 84.0 Å². The average molecular weight is 399 g/mol. The molecule has 0 spiro atoms. The first-order valence-electron chi connectivity index (χ1n) is 9.37. The van der Waals surface area contributed by atoms with Crippen molar-refractivity contribution in [2.45, 2.75) is 13.5 Å². The lowest BCUT2D eigenvalue weighted by Crippen LogP contribution is -2.25. The van der Waals surface area contributed by atoms with Gasteiger partial charge in [0.15, 0.2) is 6.61 Å². The molecular formula is C24H21N3O3. The van der Waals surface area contributed by atoms with Crippen molar-refractivity contribution in [2.75, 3.05) is 6.61 Å². The van der Waals surface area contributed by atoms with Crippen LogP contribution in [0.25, 0.3) is 0 Å². The van der Waals surface area contributed by atoms with Crippen LogP contribution < -0.4 is 14.9 Å². The normalized spacial score (nSPS) is 10.7. The number of nitrogens with one attached hydrogen (secondary N) is 1. The number of amides is 1. The molecule has 0 bridgehead atoms. The van der Waals surface area contributed by atoms with Gasteiger partial charge in [0.25, 0.3) is 5.91 Å². The fourth-order valence-corrected chi connectivity index (χ4v) is 2.55. The Balaban J connectivity index is 1.44. The fourth-order valence-electron chi connectivity index (χ4n) is 2.55.